The van der Waals surface area contributed by atoms with Crippen molar-refractivity contribution >= 4 is 0 Å². The highest BCUT2D eigenvalue weighted by atomic mass is 16.5. The molecule has 0 aliphatic heterocycles. The Morgan fingerprint density at radius 2 is 2.00 bits per heavy atom. The second kappa shape index (κ2) is 10.3. The van der Waals surface area contributed by atoms with Gasteiger partial charge in [0.2, 0.25) is 0 Å². The molecule has 0 spiro atoms. The lowest BCUT2D eigenvalue weighted by Crippen LogP contribution is -2.43. The van der Waals surface area contributed by atoms with Crippen LogP contribution in [0.1, 0.15) is 40.0 Å². The number of likely N-dealkylation sites (N-methyl/N-ethyl adjacent to an activating group) is 1. The van der Waals surface area contributed by atoms with Crippen LogP contribution in [-0.2, 0) is 4.74 Å². The van der Waals surface area contributed by atoms with Gasteiger partial charge in [-0.15, -0.1) is 0 Å². The zero-order valence-electron chi connectivity index (χ0n) is 12.5. The third-order valence-corrected chi connectivity index (χ3v) is 3.30. The van der Waals surface area contributed by atoms with Gasteiger partial charge in [-0.05, 0) is 46.3 Å². The van der Waals surface area contributed by atoms with Crippen LogP contribution in [0.25, 0.3) is 0 Å². The van der Waals surface area contributed by atoms with Crippen molar-refractivity contribution in [3.05, 3.63) is 0 Å². The van der Waals surface area contributed by atoms with Crippen molar-refractivity contribution in [1.82, 2.24) is 10.2 Å². The van der Waals surface area contributed by atoms with Gasteiger partial charge in [0, 0.05) is 13.2 Å². The molecular weight excluding hydrogens is 226 g/mol. The number of nitrogens with zero attached hydrogens (tertiary/aromatic N) is 2. The maximum absolute atomic E-state index is 9.30. The van der Waals surface area contributed by atoms with Crippen molar-refractivity contribution in [2.75, 3.05) is 39.9 Å². The van der Waals surface area contributed by atoms with Crippen molar-refractivity contribution in [1.29, 1.82) is 5.26 Å². The fourth-order valence-corrected chi connectivity index (χ4v) is 2.03. The molecule has 0 aromatic heterocycles. The lowest BCUT2D eigenvalue weighted by molar-refractivity contribution is 0.121. The van der Waals surface area contributed by atoms with Crippen molar-refractivity contribution in [3.63, 3.8) is 0 Å². The Morgan fingerprint density at radius 3 is 2.50 bits per heavy atom. The minimum Gasteiger partial charge on any atom is -0.380 e. The van der Waals surface area contributed by atoms with Crippen LogP contribution in [0.4, 0.5) is 0 Å². The number of hydrogen-bond acceptors (Lipinski definition) is 4. The van der Waals surface area contributed by atoms with Crippen molar-refractivity contribution < 1.29 is 4.74 Å². The van der Waals surface area contributed by atoms with Crippen molar-refractivity contribution in [2.45, 2.75) is 45.6 Å². The van der Waals surface area contributed by atoms with Crippen LogP contribution >= 0.6 is 0 Å². The fraction of sp³-hybridized carbons (Fsp3) is 0.929. The molecule has 0 bridgehead atoms. The van der Waals surface area contributed by atoms with E-state index in [1.54, 1.807) is 0 Å². The SMILES string of the molecule is CCNC(C#N)(CC)CCCN(C)CCOCC. The molecule has 0 saturated heterocycles. The molecule has 106 valence electrons. The van der Waals surface area contributed by atoms with Crippen LogP contribution in [0.5, 0.6) is 0 Å². The number of rotatable bonds is 11. The summed E-state index contributed by atoms with van der Waals surface area (Å²) >= 11 is 0. The Hall–Kier alpha value is -0.630. The van der Waals surface area contributed by atoms with Crippen LogP contribution in [0.15, 0.2) is 0 Å². The second-order valence-corrected chi connectivity index (χ2v) is 4.68. The number of hydrogen-bond donors (Lipinski definition) is 1. The largest absolute Gasteiger partial charge is 0.380 e. The van der Waals surface area contributed by atoms with E-state index >= 15 is 0 Å². The molecule has 18 heavy (non-hydrogen) atoms. The quantitative estimate of drug-likeness (QED) is 0.574. The lowest BCUT2D eigenvalue weighted by Gasteiger charge is -2.27. The molecule has 0 aliphatic carbocycles. The smallest absolute Gasteiger partial charge is 0.106 e. The summed E-state index contributed by atoms with van der Waals surface area (Å²) in [5.74, 6) is 0. The van der Waals surface area contributed by atoms with Gasteiger partial charge in [0.25, 0.3) is 0 Å². The predicted molar refractivity (Wildman–Crippen MR) is 75.5 cm³/mol. The molecule has 0 aromatic rings. The number of nitrogens with one attached hydrogen (secondary N) is 1. The zero-order chi connectivity index (χ0) is 13.9. The van der Waals surface area contributed by atoms with E-state index in [1.807, 2.05) is 6.92 Å². The van der Waals surface area contributed by atoms with Gasteiger partial charge < -0.3 is 9.64 Å². The van der Waals surface area contributed by atoms with Gasteiger partial charge in [-0.3, -0.25) is 5.32 Å². The van der Waals surface area contributed by atoms with Gasteiger partial charge in [0.1, 0.15) is 5.54 Å². The molecule has 0 fully saturated rings. The van der Waals surface area contributed by atoms with Crippen molar-refractivity contribution in [2.24, 2.45) is 0 Å². The second-order valence-electron chi connectivity index (χ2n) is 4.68. The molecule has 0 amide bonds. The third kappa shape index (κ3) is 6.95. The van der Waals surface area contributed by atoms with Crippen LogP contribution in [-0.4, -0.2) is 50.3 Å². The number of ether oxygens (including phenoxy) is 1. The van der Waals surface area contributed by atoms with Gasteiger partial charge in [-0.2, -0.15) is 5.26 Å². The maximum atomic E-state index is 9.30. The Kier molecular flexibility index (Phi) is 9.95. The van der Waals surface area contributed by atoms with Gasteiger partial charge >= 0.3 is 0 Å². The Labute approximate surface area is 112 Å². The molecular formula is C14H29N3O. The van der Waals surface area contributed by atoms with Gasteiger partial charge in [0.05, 0.1) is 12.7 Å². The molecule has 1 atom stereocenters. The van der Waals surface area contributed by atoms with E-state index in [1.165, 1.54) is 0 Å². The Morgan fingerprint density at radius 1 is 1.28 bits per heavy atom. The zero-order valence-corrected chi connectivity index (χ0v) is 12.5. The summed E-state index contributed by atoms with van der Waals surface area (Å²) in [7, 11) is 2.10. The highest BCUT2D eigenvalue weighted by Crippen LogP contribution is 2.16. The normalized spacial score (nSPS) is 14.4. The van der Waals surface area contributed by atoms with E-state index in [0.717, 1.165) is 52.1 Å². The molecule has 0 rings (SSSR count). The predicted octanol–water partition coefficient (Wildman–Crippen LogP) is 2.02. The van der Waals surface area contributed by atoms with Gasteiger partial charge in [0.15, 0.2) is 0 Å². The van der Waals surface area contributed by atoms with Crippen LogP contribution in [0.3, 0.4) is 0 Å². The van der Waals surface area contributed by atoms with E-state index in [-0.39, 0.29) is 5.54 Å². The highest BCUT2D eigenvalue weighted by molar-refractivity contribution is 5.05. The average Bonchev–Trinajstić information content (AvgIpc) is 2.38. The lowest BCUT2D eigenvalue weighted by atomic mass is 9.92. The molecule has 0 aromatic carbocycles. The summed E-state index contributed by atoms with van der Waals surface area (Å²) < 4.78 is 5.33. The molecule has 4 heteroatoms. The average molecular weight is 255 g/mol. The first-order valence-electron chi connectivity index (χ1n) is 7.06. The first kappa shape index (κ1) is 17.4. The van der Waals surface area contributed by atoms with Crippen LogP contribution < -0.4 is 5.32 Å². The molecule has 0 radical (unpaired) electrons. The van der Waals surface area contributed by atoms with Gasteiger partial charge in [-0.1, -0.05) is 13.8 Å². The summed E-state index contributed by atoms with van der Waals surface area (Å²) in [4.78, 5) is 2.26. The summed E-state index contributed by atoms with van der Waals surface area (Å²) in [6, 6.07) is 2.44. The van der Waals surface area contributed by atoms with E-state index in [0.29, 0.717) is 0 Å². The van der Waals surface area contributed by atoms with E-state index in [2.05, 4.69) is 37.2 Å². The van der Waals surface area contributed by atoms with E-state index in [9.17, 15) is 5.26 Å². The number of nitriles is 1. The Bertz CT molecular complexity index is 240. The standard InChI is InChI=1S/C14H29N3O/c1-5-14(13-15,16-6-2)9-8-10-17(4)11-12-18-7-3/h16H,5-12H2,1-4H3. The fourth-order valence-electron chi connectivity index (χ4n) is 2.03. The first-order chi connectivity index (χ1) is 8.64. The third-order valence-electron chi connectivity index (χ3n) is 3.30. The van der Waals surface area contributed by atoms with Gasteiger partial charge in [-0.25, -0.2) is 0 Å². The minimum absolute atomic E-state index is 0.338. The monoisotopic (exact) mass is 255 g/mol. The Balaban J connectivity index is 3.89. The van der Waals surface area contributed by atoms with E-state index < -0.39 is 0 Å². The molecule has 4 nitrogen and oxygen atoms in total. The molecule has 0 heterocycles. The first-order valence-corrected chi connectivity index (χ1v) is 7.06. The molecule has 0 saturated carbocycles. The van der Waals surface area contributed by atoms with E-state index in [4.69, 9.17) is 4.74 Å². The van der Waals surface area contributed by atoms with Crippen LogP contribution in [0.2, 0.25) is 0 Å². The molecule has 1 N–H and O–H groups in total. The summed E-state index contributed by atoms with van der Waals surface area (Å²) in [5.41, 5.74) is -0.338. The van der Waals surface area contributed by atoms with Crippen molar-refractivity contribution in [3.8, 4) is 6.07 Å². The maximum Gasteiger partial charge on any atom is 0.106 e. The highest BCUT2D eigenvalue weighted by Gasteiger charge is 2.25. The molecule has 0 aliphatic rings. The minimum atomic E-state index is -0.338. The summed E-state index contributed by atoms with van der Waals surface area (Å²) in [5, 5.41) is 12.6. The summed E-state index contributed by atoms with van der Waals surface area (Å²) in [6.07, 6.45) is 2.81. The summed E-state index contributed by atoms with van der Waals surface area (Å²) in [6.45, 7) is 10.5. The van der Waals surface area contributed by atoms with Crippen LogP contribution in [0, 0.1) is 11.3 Å². The topological polar surface area (TPSA) is 48.3 Å². The molecule has 1 unspecified atom stereocenters.